The second kappa shape index (κ2) is 6.95. The Balaban J connectivity index is 1.47. The van der Waals surface area contributed by atoms with Crippen LogP contribution in [0.2, 0.25) is 5.15 Å². The molecule has 2 heterocycles. The standard InChI is InChI=1S/C20H16ClN3O/c21-19-18-16(11-22-20(18)24-13-23-19)10-14-6-8-17(9-7-14)25-12-15-4-2-1-3-5-15/h1-9,11,13H,10,12H2,(H,22,23,24). The average Bonchev–Trinajstić information content (AvgIpc) is 3.06. The van der Waals surface area contributed by atoms with E-state index in [0.29, 0.717) is 11.8 Å². The summed E-state index contributed by atoms with van der Waals surface area (Å²) in [5, 5.41) is 1.36. The van der Waals surface area contributed by atoms with E-state index in [1.165, 1.54) is 11.9 Å². The molecule has 0 unspecified atom stereocenters. The Morgan fingerprint density at radius 2 is 1.72 bits per heavy atom. The van der Waals surface area contributed by atoms with E-state index in [9.17, 15) is 0 Å². The van der Waals surface area contributed by atoms with Gasteiger partial charge in [0.1, 0.15) is 29.5 Å². The number of hydrogen-bond donors (Lipinski definition) is 1. The molecule has 4 nitrogen and oxygen atoms in total. The minimum atomic E-state index is 0.476. The molecular formula is C20H16ClN3O. The van der Waals surface area contributed by atoms with Gasteiger partial charge in [-0.1, -0.05) is 54.1 Å². The van der Waals surface area contributed by atoms with Crippen LogP contribution >= 0.6 is 11.6 Å². The number of nitrogens with zero attached hydrogens (tertiary/aromatic N) is 2. The Kier molecular flexibility index (Phi) is 4.36. The quantitative estimate of drug-likeness (QED) is 0.527. The number of rotatable bonds is 5. The summed E-state index contributed by atoms with van der Waals surface area (Å²) in [5.41, 5.74) is 4.17. The van der Waals surface area contributed by atoms with Gasteiger partial charge in [-0.05, 0) is 35.2 Å². The summed E-state index contributed by atoms with van der Waals surface area (Å²) in [4.78, 5) is 11.4. The van der Waals surface area contributed by atoms with Crippen LogP contribution in [0.5, 0.6) is 5.75 Å². The van der Waals surface area contributed by atoms with Gasteiger partial charge in [0, 0.05) is 6.20 Å². The lowest BCUT2D eigenvalue weighted by atomic mass is 10.1. The van der Waals surface area contributed by atoms with Crippen LogP contribution in [-0.4, -0.2) is 15.0 Å². The maximum Gasteiger partial charge on any atom is 0.142 e. The van der Waals surface area contributed by atoms with Crippen molar-refractivity contribution in [3.63, 3.8) is 0 Å². The highest BCUT2D eigenvalue weighted by atomic mass is 35.5. The van der Waals surface area contributed by atoms with Gasteiger partial charge in [-0.25, -0.2) is 9.97 Å². The third-order valence-corrected chi connectivity index (χ3v) is 4.36. The van der Waals surface area contributed by atoms with Crippen LogP contribution in [-0.2, 0) is 13.0 Å². The van der Waals surface area contributed by atoms with Crippen LogP contribution in [0.25, 0.3) is 11.0 Å². The molecule has 1 N–H and O–H groups in total. The van der Waals surface area contributed by atoms with Crippen LogP contribution in [0, 0.1) is 0 Å². The lowest BCUT2D eigenvalue weighted by molar-refractivity contribution is 0.306. The zero-order chi connectivity index (χ0) is 17.1. The van der Waals surface area contributed by atoms with Gasteiger partial charge in [0.2, 0.25) is 0 Å². The predicted octanol–water partition coefficient (Wildman–Crippen LogP) is 4.78. The fourth-order valence-corrected chi connectivity index (χ4v) is 3.04. The number of H-pyrrole nitrogens is 1. The van der Waals surface area contributed by atoms with E-state index in [1.807, 2.05) is 36.5 Å². The molecule has 0 aliphatic carbocycles. The Bertz CT molecular complexity index is 981. The molecule has 0 radical (unpaired) electrons. The highest BCUT2D eigenvalue weighted by Crippen LogP contribution is 2.25. The molecule has 0 fully saturated rings. The molecule has 2 aromatic carbocycles. The SMILES string of the molecule is Clc1ncnc2[nH]cc(Cc3ccc(OCc4ccccc4)cc3)c12. The van der Waals surface area contributed by atoms with Gasteiger partial charge in [0.25, 0.3) is 0 Å². The van der Waals surface area contributed by atoms with Crippen molar-refractivity contribution in [2.24, 2.45) is 0 Å². The number of ether oxygens (including phenoxy) is 1. The average molecular weight is 350 g/mol. The molecule has 124 valence electrons. The molecular weight excluding hydrogens is 334 g/mol. The number of aromatic amines is 1. The fourth-order valence-electron chi connectivity index (χ4n) is 2.79. The summed E-state index contributed by atoms with van der Waals surface area (Å²) >= 11 is 6.20. The summed E-state index contributed by atoms with van der Waals surface area (Å²) in [6.45, 7) is 0.565. The van der Waals surface area contributed by atoms with Gasteiger partial charge in [-0.3, -0.25) is 0 Å². The van der Waals surface area contributed by atoms with Crippen LogP contribution < -0.4 is 4.74 Å². The number of halogens is 1. The van der Waals surface area contributed by atoms with E-state index in [2.05, 4.69) is 39.2 Å². The second-order valence-corrected chi connectivity index (χ2v) is 6.16. The molecule has 0 amide bonds. The zero-order valence-electron chi connectivity index (χ0n) is 13.4. The monoisotopic (exact) mass is 349 g/mol. The number of hydrogen-bond acceptors (Lipinski definition) is 3. The van der Waals surface area contributed by atoms with Crippen molar-refractivity contribution in [3.8, 4) is 5.75 Å². The van der Waals surface area contributed by atoms with Gasteiger partial charge in [0.05, 0.1) is 5.39 Å². The molecule has 2 aromatic heterocycles. The minimum absolute atomic E-state index is 0.476. The first-order chi connectivity index (χ1) is 12.3. The molecule has 5 heteroatoms. The van der Waals surface area contributed by atoms with Crippen molar-refractivity contribution < 1.29 is 4.74 Å². The summed E-state index contributed by atoms with van der Waals surface area (Å²) < 4.78 is 5.82. The molecule has 0 aliphatic heterocycles. The molecule has 0 bridgehead atoms. The predicted molar refractivity (Wildman–Crippen MR) is 98.9 cm³/mol. The molecule has 25 heavy (non-hydrogen) atoms. The largest absolute Gasteiger partial charge is 0.489 e. The third kappa shape index (κ3) is 3.49. The van der Waals surface area contributed by atoms with Crippen molar-refractivity contribution in [3.05, 3.63) is 89.0 Å². The van der Waals surface area contributed by atoms with Crippen molar-refractivity contribution in [2.45, 2.75) is 13.0 Å². The Hall–Kier alpha value is -2.85. The molecule has 0 aliphatic rings. The van der Waals surface area contributed by atoms with Gasteiger partial charge in [-0.15, -0.1) is 0 Å². The molecule has 4 rings (SSSR count). The van der Waals surface area contributed by atoms with E-state index in [1.54, 1.807) is 0 Å². The number of benzene rings is 2. The van der Waals surface area contributed by atoms with E-state index >= 15 is 0 Å². The van der Waals surface area contributed by atoms with Crippen LogP contribution in [0.1, 0.15) is 16.7 Å². The van der Waals surface area contributed by atoms with E-state index < -0.39 is 0 Å². The number of fused-ring (bicyclic) bond motifs is 1. The van der Waals surface area contributed by atoms with Gasteiger partial charge < -0.3 is 9.72 Å². The third-order valence-electron chi connectivity index (χ3n) is 4.07. The summed E-state index contributed by atoms with van der Waals surface area (Å²) in [7, 11) is 0. The minimum Gasteiger partial charge on any atom is -0.489 e. The second-order valence-electron chi connectivity index (χ2n) is 5.80. The van der Waals surface area contributed by atoms with E-state index in [4.69, 9.17) is 16.3 Å². The highest BCUT2D eigenvalue weighted by molar-refractivity contribution is 6.34. The Labute approximate surface area is 150 Å². The maximum atomic E-state index is 6.20. The summed E-state index contributed by atoms with van der Waals surface area (Å²) in [6, 6.07) is 18.2. The first-order valence-corrected chi connectivity index (χ1v) is 8.39. The summed E-state index contributed by atoms with van der Waals surface area (Å²) in [6.07, 6.45) is 4.15. The van der Waals surface area contributed by atoms with Gasteiger partial charge in [-0.2, -0.15) is 0 Å². The van der Waals surface area contributed by atoms with Crippen molar-refractivity contribution in [2.75, 3.05) is 0 Å². The highest BCUT2D eigenvalue weighted by Gasteiger charge is 2.10. The maximum absolute atomic E-state index is 6.20. The van der Waals surface area contributed by atoms with Gasteiger partial charge >= 0.3 is 0 Å². The van der Waals surface area contributed by atoms with E-state index in [-0.39, 0.29) is 0 Å². The topological polar surface area (TPSA) is 50.8 Å². The molecule has 4 aromatic rings. The number of nitrogens with one attached hydrogen (secondary N) is 1. The normalized spacial score (nSPS) is 10.9. The molecule has 0 saturated heterocycles. The zero-order valence-corrected chi connectivity index (χ0v) is 14.2. The fraction of sp³-hybridized carbons (Fsp3) is 0.100. The summed E-state index contributed by atoms with van der Waals surface area (Å²) in [5.74, 6) is 0.855. The first-order valence-electron chi connectivity index (χ1n) is 8.02. The van der Waals surface area contributed by atoms with Crippen LogP contribution in [0.3, 0.4) is 0 Å². The molecule has 0 atom stereocenters. The number of aromatic nitrogens is 3. The van der Waals surface area contributed by atoms with Gasteiger partial charge in [0.15, 0.2) is 0 Å². The van der Waals surface area contributed by atoms with Crippen molar-refractivity contribution in [1.29, 1.82) is 0 Å². The Morgan fingerprint density at radius 1 is 0.920 bits per heavy atom. The lowest BCUT2D eigenvalue weighted by Gasteiger charge is -2.07. The molecule has 0 saturated carbocycles. The first kappa shape index (κ1) is 15.7. The van der Waals surface area contributed by atoms with Crippen LogP contribution in [0.15, 0.2) is 67.1 Å². The van der Waals surface area contributed by atoms with Crippen molar-refractivity contribution >= 4 is 22.6 Å². The van der Waals surface area contributed by atoms with Crippen LogP contribution in [0.4, 0.5) is 0 Å². The smallest absolute Gasteiger partial charge is 0.142 e. The van der Waals surface area contributed by atoms with Crippen molar-refractivity contribution in [1.82, 2.24) is 15.0 Å². The molecule has 0 spiro atoms. The van der Waals surface area contributed by atoms with E-state index in [0.717, 1.165) is 34.3 Å². The Morgan fingerprint density at radius 3 is 2.52 bits per heavy atom. The lowest BCUT2D eigenvalue weighted by Crippen LogP contribution is -1.95.